The molecule has 2 aromatic rings. The van der Waals surface area contributed by atoms with Gasteiger partial charge in [0.1, 0.15) is 24.5 Å². The Morgan fingerprint density at radius 3 is 2.61 bits per heavy atom. The summed E-state index contributed by atoms with van der Waals surface area (Å²) in [6, 6.07) is 11.6. The van der Waals surface area contributed by atoms with Crippen LogP contribution in [0.4, 0.5) is 0 Å². The number of hydrogen-bond acceptors (Lipinski definition) is 6. The highest BCUT2D eigenvalue weighted by atomic mass is 16.6. The van der Waals surface area contributed by atoms with Crippen LogP contribution in [0.5, 0.6) is 5.75 Å². The molecule has 0 aliphatic heterocycles. The summed E-state index contributed by atoms with van der Waals surface area (Å²) in [6.45, 7) is 5.00. The molecule has 6 heteroatoms. The van der Waals surface area contributed by atoms with Gasteiger partial charge in [0.2, 0.25) is 0 Å². The molecule has 3 rings (SSSR count). The summed E-state index contributed by atoms with van der Waals surface area (Å²) in [5, 5.41) is 4.09. The van der Waals surface area contributed by atoms with Crippen molar-refractivity contribution in [2.24, 2.45) is 11.1 Å². The summed E-state index contributed by atoms with van der Waals surface area (Å²) in [6.07, 6.45) is 5.62. The van der Waals surface area contributed by atoms with Crippen molar-refractivity contribution in [2.75, 3.05) is 20.8 Å². The Labute approximate surface area is 183 Å². The summed E-state index contributed by atoms with van der Waals surface area (Å²) < 4.78 is 16.1. The molecule has 0 radical (unpaired) electrons. The Bertz CT molecular complexity index is 976. The third kappa shape index (κ3) is 6.10. The molecule has 0 amide bonds. The molecule has 0 aromatic heterocycles. The van der Waals surface area contributed by atoms with E-state index in [-0.39, 0.29) is 0 Å². The zero-order chi connectivity index (χ0) is 22.2. The lowest BCUT2D eigenvalue weighted by Crippen LogP contribution is -2.08. The van der Waals surface area contributed by atoms with Crippen LogP contribution in [0.1, 0.15) is 40.7 Å². The SMILES string of the molecule is CO/C=C(\C(=O)OC)c1ccccc1COc1cc(C)c(/C=N/OCC2CC2)cc1C. The van der Waals surface area contributed by atoms with Gasteiger partial charge in [-0.15, -0.1) is 0 Å². The van der Waals surface area contributed by atoms with E-state index in [1.165, 1.54) is 33.3 Å². The maximum Gasteiger partial charge on any atom is 0.341 e. The smallest absolute Gasteiger partial charge is 0.341 e. The van der Waals surface area contributed by atoms with Gasteiger partial charge in [0.25, 0.3) is 0 Å². The normalized spacial score (nSPS) is 13.9. The number of carbonyl (C=O) groups is 1. The molecule has 0 atom stereocenters. The van der Waals surface area contributed by atoms with Crippen molar-refractivity contribution in [3.05, 3.63) is 70.5 Å². The van der Waals surface area contributed by atoms with Crippen LogP contribution >= 0.6 is 0 Å². The van der Waals surface area contributed by atoms with Crippen molar-refractivity contribution in [3.63, 3.8) is 0 Å². The van der Waals surface area contributed by atoms with Crippen LogP contribution in [0.15, 0.2) is 47.8 Å². The summed E-state index contributed by atoms with van der Waals surface area (Å²) >= 11 is 0. The fraction of sp³-hybridized carbons (Fsp3) is 0.360. The molecule has 0 unspecified atom stereocenters. The number of ether oxygens (including phenoxy) is 3. The van der Waals surface area contributed by atoms with E-state index in [4.69, 9.17) is 19.0 Å². The highest BCUT2D eigenvalue weighted by Crippen LogP contribution is 2.29. The average Bonchev–Trinajstić information content (AvgIpc) is 3.60. The van der Waals surface area contributed by atoms with E-state index >= 15 is 0 Å². The summed E-state index contributed by atoms with van der Waals surface area (Å²) in [5.41, 5.74) is 4.94. The van der Waals surface area contributed by atoms with Crippen LogP contribution in [0.25, 0.3) is 5.57 Å². The maximum absolute atomic E-state index is 12.2. The van der Waals surface area contributed by atoms with Crippen molar-refractivity contribution in [2.45, 2.75) is 33.3 Å². The molecule has 1 aliphatic rings. The minimum absolute atomic E-state index is 0.298. The topological polar surface area (TPSA) is 66.4 Å². The van der Waals surface area contributed by atoms with E-state index in [9.17, 15) is 4.79 Å². The van der Waals surface area contributed by atoms with Gasteiger partial charge in [0, 0.05) is 0 Å². The van der Waals surface area contributed by atoms with Gasteiger partial charge < -0.3 is 19.0 Å². The number of hydrogen-bond donors (Lipinski definition) is 0. The van der Waals surface area contributed by atoms with Crippen LogP contribution in [0.2, 0.25) is 0 Å². The summed E-state index contributed by atoms with van der Waals surface area (Å²) in [5.74, 6) is 0.990. The number of esters is 1. The summed E-state index contributed by atoms with van der Waals surface area (Å²) in [4.78, 5) is 17.5. The first-order chi connectivity index (χ1) is 15.0. The van der Waals surface area contributed by atoms with E-state index < -0.39 is 5.97 Å². The van der Waals surface area contributed by atoms with E-state index in [2.05, 4.69) is 5.16 Å². The van der Waals surface area contributed by atoms with Crippen molar-refractivity contribution >= 4 is 17.8 Å². The lowest BCUT2D eigenvalue weighted by molar-refractivity contribution is -0.133. The van der Waals surface area contributed by atoms with Crippen molar-refractivity contribution in [3.8, 4) is 5.75 Å². The Morgan fingerprint density at radius 1 is 1.13 bits per heavy atom. The number of aryl methyl sites for hydroxylation is 2. The second-order valence-corrected chi connectivity index (χ2v) is 7.65. The Hall–Kier alpha value is -3.28. The standard InChI is InChI=1S/C25H29NO5/c1-17-12-24(18(2)11-21(17)13-26-31-14-19-9-10-19)30-15-20-7-5-6-8-22(20)23(16-28-3)25(27)29-4/h5-8,11-13,16,19H,9-10,14-15H2,1-4H3/b23-16-,26-13+. The van der Waals surface area contributed by atoms with E-state index in [0.717, 1.165) is 28.0 Å². The Kier molecular flexibility index (Phi) is 7.70. The van der Waals surface area contributed by atoms with Gasteiger partial charge in [0.05, 0.1) is 26.7 Å². The number of methoxy groups -OCH3 is 2. The highest BCUT2D eigenvalue weighted by Gasteiger charge is 2.21. The molecule has 0 saturated heterocycles. The fourth-order valence-corrected chi connectivity index (χ4v) is 3.15. The first-order valence-corrected chi connectivity index (χ1v) is 10.3. The number of rotatable bonds is 10. The van der Waals surface area contributed by atoms with Crippen LogP contribution in [0.3, 0.4) is 0 Å². The zero-order valence-electron chi connectivity index (χ0n) is 18.5. The first-order valence-electron chi connectivity index (χ1n) is 10.3. The predicted octanol–water partition coefficient (Wildman–Crippen LogP) is 4.80. The molecule has 6 nitrogen and oxygen atoms in total. The molecule has 164 valence electrons. The quantitative estimate of drug-likeness (QED) is 0.180. The van der Waals surface area contributed by atoms with Crippen LogP contribution in [-0.2, 0) is 25.7 Å². The molecule has 1 fully saturated rings. The molecular formula is C25H29NO5. The third-order valence-electron chi connectivity index (χ3n) is 5.17. The van der Waals surface area contributed by atoms with Gasteiger partial charge in [0.15, 0.2) is 0 Å². The molecular weight excluding hydrogens is 394 g/mol. The van der Waals surface area contributed by atoms with Crippen molar-refractivity contribution in [1.82, 2.24) is 0 Å². The lowest BCUT2D eigenvalue weighted by atomic mass is 10.0. The molecule has 0 bridgehead atoms. The molecule has 1 aliphatic carbocycles. The minimum atomic E-state index is -0.464. The molecule has 1 saturated carbocycles. The molecule has 0 heterocycles. The fourth-order valence-electron chi connectivity index (χ4n) is 3.15. The number of nitrogens with zero attached hydrogens (tertiary/aromatic N) is 1. The predicted molar refractivity (Wildman–Crippen MR) is 120 cm³/mol. The maximum atomic E-state index is 12.2. The van der Waals surface area contributed by atoms with Crippen molar-refractivity contribution in [1.29, 1.82) is 0 Å². The molecule has 2 aromatic carbocycles. The van der Waals surface area contributed by atoms with Gasteiger partial charge in [-0.2, -0.15) is 0 Å². The molecule has 31 heavy (non-hydrogen) atoms. The second-order valence-electron chi connectivity index (χ2n) is 7.65. The first kappa shape index (κ1) is 22.4. The van der Waals surface area contributed by atoms with Gasteiger partial charge in [-0.05, 0) is 72.6 Å². The third-order valence-corrected chi connectivity index (χ3v) is 5.17. The van der Waals surface area contributed by atoms with Gasteiger partial charge >= 0.3 is 5.97 Å². The highest BCUT2D eigenvalue weighted by molar-refractivity contribution is 6.16. The Balaban J connectivity index is 1.73. The van der Waals surface area contributed by atoms with Crippen LogP contribution in [-0.4, -0.2) is 33.0 Å². The largest absolute Gasteiger partial charge is 0.503 e. The monoisotopic (exact) mass is 423 g/mol. The van der Waals surface area contributed by atoms with Crippen LogP contribution in [0, 0.1) is 19.8 Å². The number of oxime groups is 1. The van der Waals surface area contributed by atoms with E-state index in [1.807, 2.05) is 50.2 Å². The van der Waals surface area contributed by atoms with Crippen molar-refractivity contribution < 1.29 is 23.8 Å². The minimum Gasteiger partial charge on any atom is -0.503 e. The molecule has 0 spiro atoms. The number of benzene rings is 2. The lowest BCUT2D eigenvalue weighted by Gasteiger charge is -2.15. The van der Waals surface area contributed by atoms with Gasteiger partial charge in [-0.3, -0.25) is 0 Å². The van der Waals surface area contributed by atoms with E-state index in [0.29, 0.717) is 30.3 Å². The molecule has 0 N–H and O–H groups in total. The van der Waals surface area contributed by atoms with Crippen LogP contribution < -0.4 is 4.74 Å². The van der Waals surface area contributed by atoms with Gasteiger partial charge in [-0.1, -0.05) is 29.4 Å². The Morgan fingerprint density at radius 2 is 1.90 bits per heavy atom. The average molecular weight is 424 g/mol. The second kappa shape index (κ2) is 10.7. The van der Waals surface area contributed by atoms with E-state index in [1.54, 1.807) is 6.21 Å². The zero-order valence-corrected chi connectivity index (χ0v) is 18.5. The van der Waals surface area contributed by atoms with Gasteiger partial charge in [-0.25, -0.2) is 4.79 Å². The number of carbonyl (C=O) groups excluding carboxylic acids is 1. The summed E-state index contributed by atoms with van der Waals surface area (Å²) in [7, 11) is 2.84.